The second-order valence-corrected chi connectivity index (χ2v) is 18.3. The Morgan fingerprint density at radius 3 is 2.02 bits per heavy atom. The predicted molar refractivity (Wildman–Crippen MR) is 240 cm³/mol. The van der Waals surface area contributed by atoms with Crippen molar-refractivity contribution in [2.75, 3.05) is 47.5 Å². The molecule has 0 aliphatic heterocycles. The van der Waals surface area contributed by atoms with Gasteiger partial charge in [-0.1, -0.05) is 114 Å². The first-order chi connectivity index (χ1) is 28.7. The minimum atomic E-state index is -4.68. The molecule has 2 unspecified atom stereocenters. The van der Waals surface area contributed by atoms with E-state index in [1.807, 2.05) is 39.4 Å². The van der Waals surface area contributed by atoms with E-state index in [2.05, 4.69) is 45.9 Å². The molecular formula is C48H82NO10P. The second-order valence-electron chi connectivity index (χ2n) is 16.8. The highest BCUT2D eigenvalue weighted by Gasteiger charge is 2.22. The summed E-state index contributed by atoms with van der Waals surface area (Å²) in [5, 5.41) is 10.2. The Labute approximate surface area is 363 Å². The number of aliphatic hydroxyl groups excluding tert-OH is 1. The number of rotatable bonds is 37. The number of aliphatic hydroxyl groups is 1. The fraction of sp³-hybridized carbons (Fsp3) is 0.708. The predicted octanol–water partition coefficient (Wildman–Crippen LogP) is 10.7. The van der Waals surface area contributed by atoms with Crippen molar-refractivity contribution in [3.05, 3.63) is 71.3 Å². The molecular weight excluding hydrogens is 781 g/mol. The zero-order valence-corrected chi connectivity index (χ0v) is 39.4. The highest BCUT2D eigenvalue weighted by Crippen LogP contribution is 2.38. The number of carbonyl (C=O) groups is 2. The molecule has 0 bridgehead atoms. The Balaban J connectivity index is 2.46. The van der Waals surface area contributed by atoms with Gasteiger partial charge in [0.2, 0.25) is 0 Å². The van der Waals surface area contributed by atoms with E-state index >= 15 is 0 Å². The Morgan fingerprint density at radius 1 is 0.733 bits per heavy atom. The number of allylic oxidation sites excluding steroid dienone is 6. The molecule has 0 aliphatic carbocycles. The molecule has 12 heteroatoms. The number of unbranched alkanes of at least 4 members (excludes halogenated alkanes) is 11. The van der Waals surface area contributed by atoms with Crippen molar-refractivity contribution >= 4 is 19.8 Å². The molecule has 0 amide bonds. The lowest BCUT2D eigenvalue weighted by molar-refractivity contribution is -0.870. The van der Waals surface area contributed by atoms with Gasteiger partial charge in [-0.2, -0.15) is 0 Å². The van der Waals surface area contributed by atoms with Crippen LogP contribution in [-0.4, -0.2) is 81.2 Å². The molecule has 1 N–H and O–H groups in total. The van der Waals surface area contributed by atoms with Gasteiger partial charge in [-0.05, 0) is 82.8 Å². The maximum absolute atomic E-state index is 12.7. The van der Waals surface area contributed by atoms with E-state index in [4.69, 9.17) is 22.9 Å². The van der Waals surface area contributed by atoms with Crippen molar-refractivity contribution in [2.24, 2.45) is 0 Å². The van der Waals surface area contributed by atoms with Crippen molar-refractivity contribution in [3.8, 4) is 0 Å². The molecule has 0 saturated heterocycles. The molecule has 0 aliphatic rings. The summed E-state index contributed by atoms with van der Waals surface area (Å²) < 4.78 is 40.1. The summed E-state index contributed by atoms with van der Waals surface area (Å²) >= 11 is 0. The Bertz CT molecular complexity index is 1460. The number of nitrogens with zero attached hydrogens (tertiary/aromatic N) is 1. The van der Waals surface area contributed by atoms with E-state index in [0.29, 0.717) is 36.7 Å². The van der Waals surface area contributed by atoms with Gasteiger partial charge in [-0.25, -0.2) is 0 Å². The lowest BCUT2D eigenvalue weighted by atomic mass is 10.0. The molecule has 1 aromatic rings. The smallest absolute Gasteiger partial charge is 0.306 e. The number of hydrogen-bond acceptors (Lipinski definition) is 10. The SMILES string of the molecule is CCCCC/C=C\C/C=C\CC(O)/C=C\C=C\CCCC(=O)O[C@H](COC(=O)CCCCCCCCc1oc(CCCCC)c(C)c1C)COP(=O)([O-])OCC[N+](C)(C)C. The minimum absolute atomic E-state index is 0.0665. The molecule has 0 aromatic carbocycles. The summed E-state index contributed by atoms with van der Waals surface area (Å²) in [6, 6.07) is 0. The first kappa shape index (κ1) is 55.2. The number of hydrogen-bond donors (Lipinski definition) is 1. The summed E-state index contributed by atoms with van der Waals surface area (Å²) in [5.41, 5.74) is 2.59. The van der Waals surface area contributed by atoms with Gasteiger partial charge >= 0.3 is 11.9 Å². The summed E-state index contributed by atoms with van der Waals surface area (Å²) in [4.78, 5) is 37.7. The molecule has 344 valence electrons. The van der Waals surface area contributed by atoms with E-state index in [0.717, 1.165) is 69.3 Å². The molecule has 0 radical (unpaired) electrons. The topological polar surface area (TPSA) is 145 Å². The average Bonchev–Trinajstić information content (AvgIpc) is 3.46. The van der Waals surface area contributed by atoms with Crippen molar-refractivity contribution in [1.29, 1.82) is 0 Å². The van der Waals surface area contributed by atoms with Crippen molar-refractivity contribution in [3.63, 3.8) is 0 Å². The quantitative estimate of drug-likeness (QED) is 0.0171. The van der Waals surface area contributed by atoms with Crippen LogP contribution in [-0.2, 0) is 45.5 Å². The Morgan fingerprint density at radius 2 is 1.33 bits per heavy atom. The minimum Gasteiger partial charge on any atom is -0.756 e. The summed E-state index contributed by atoms with van der Waals surface area (Å²) in [6.45, 7) is 8.25. The number of ether oxygens (including phenoxy) is 2. The van der Waals surface area contributed by atoms with Gasteiger partial charge in [0, 0.05) is 25.7 Å². The number of esters is 2. The summed E-state index contributed by atoms with van der Waals surface area (Å²) in [6.07, 6.45) is 32.9. The van der Waals surface area contributed by atoms with Crippen LogP contribution < -0.4 is 4.89 Å². The van der Waals surface area contributed by atoms with Crippen LogP contribution in [0.25, 0.3) is 0 Å². The number of phosphoric acid groups is 1. The number of furan rings is 1. The highest BCUT2D eigenvalue weighted by atomic mass is 31.2. The van der Waals surface area contributed by atoms with E-state index < -0.39 is 38.6 Å². The molecule has 0 fully saturated rings. The fourth-order valence-corrected chi connectivity index (χ4v) is 6.93. The zero-order chi connectivity index (χ0) is 44.5. The fourth-order valence-electron chi connectivity index (χ4n) is 6.20. The van der Waals surface area contributed by atoms with Crippen LogP contribution in [0.15, 0.2) is 53.0 Å². The highest BCUT2D eigenvalue weighted by molar-refractivity contribution is 7.45. The lowest BCUT2D eigenvalue weighted by Gasteiger charge is -2.28. The number of likely N-dealkylation sites (N-methyl/N-ethyl adjacent to an activating group) is 1. The molecule has 60 heavy (non-hydrogen) atoms. The van der Waals surface area contributed by atoms with Crippen LogP contribution >= 0.6 is 7.82 Å². The number of aryl methyl sites for hydroxylation is 2. The van der Waals surface area contributed by atoms with E-state index in [1.54, 1.807) is 12.2 Å². The molecule has 3 atom stereocenters. The maximum Gasteiger partial charge on any atom is 0.306 e. The van der Waals surface area contributed by atoms with Crippen molar-refractivity contribution < 1.29 is 51.6 Å². The molecule has 1 heterocycles. The van der Waals surface area contributed by atoms with Crippen LogP contribution in [0.3, 0.4) is 0 Å². The van der Waals surface area contributed by atoms with Crippen LogP contribution in [0.4, 0.5) is 0 Å². The van der Waals surface area contributed by atoms with Gasteiger partial charge in [0.25, 0.3) is 7.82 Å². The van der Waals surface area contributed by atoms with Gasteiger partial charge in [0.15, 0.2) is 6.10 Å². The van der Waals surface area contributed by atoms with E-state index in [-0.39, 0.29) is 26.1 Å². The summed E-state index contributed by atoms with van der Waals surface area (Å²) in [5.74, 6) is 1.26. The van der Waals surface area contributed by atoms with E-state index in [9.17, 15) is 24.2 Å². The molecule has 0 spiro atoms. The first-order valence-electron chi connectivity index (χ1n) is 22.8. The van der Waals surface area contributed by atoms with Crippen molar-refractivity contribution in [1.82, 2.24) is 0 Å². The van der Waals surface area contributed by atoms with Crippen LogP contribution in [0.5, 0.6) is 0 Å². The van der Waals surface area contributed by atoms with E-state index in [1.165, 1.54) is 49.7 Å². The second kappa shape index (κ2) is 33.8. The van der Waals surface area contributed by atoms with Crippen LogP contribution in [0.2, 0.25) is 0 Å². The van der Waals surface area contributed by atoms with Gasteiger partial charge < -0.3 is 37.4 Å². The zero-order valence-electron chi connectivity index (χ0n) is 38.5. The number of phosphoric ester groups is 1. The third-order valence-corrected chi connectivity index (χ3v) is 11.1. The van der Waals surface area contributed by atoms with Crippen LogP contribution in [0, 0.1) is 13.8 Å². The third kappa shape index (κ3) is 30.3. The van der Waals surface area contributed by atoms with Gasteiger partial charge in [0.05, 0.1) is 33.9 Å². The molecule has 11 nitrogen and oxygen atoms in total. The lowest BCUT2D eigenvalue weighted by Crippen LogP contribution is -2.37. The van der Waals surface area contributed by atoms with Gasteiger partial charge in [0.1, 0.15) is 31.3 Å². The molecule has 1 rings (SSSR count). The number of carbonyl (C=O) groups excluding carboxylic acids is 2. The maximum atomic E-state index is 12.7. The monoisotopic (exact) mass is 864 g/mol. The standard InChI is InChI=1S/C48H82NO10P/c1-8-10-12-13-14-15-16-20-26-31-43(50)32-27-21-19-24-30-36-48(52)58-44(40-57-60(53,54)56-38-37-49(5,6)7)39-55-47(51)35-29-23-18-17-22-28-34-46-42(4)41(3)45(59-46)33-25-11-9-2/h14-15,19-21,26-27,32,43-44,50H,8-13,16-18,22-25,28-31,33-40H2,1-7H3/b15-14-,21-19+,26-20-,32-27-/t43?,44-/m1/s1. The molecule has 1 aromatic heterocycles. The third-order valence-electron chi connectivity index (χ3n) is 10.1. The summed E-state index contributed by atoms with van der Waals surface area (Å²) in [7, 11) is 1.05. The number of quaternary nitrogens is 1. The van der Waals surface area contributed by atoms with Crippen molar-refractivity contribution in [2.45, 2.75) is 175 Å². The van der Waals surface area contributed by atoms with Crippen LogP contribution in [0.1, 0.15) is 158 Å². The largest absolute Gasteiger partial charge is 0.756 e. The normalized spacial score (nSPS) is 14.5. The molecule has 0 saturated carbocycles. The Hall–Kier alpha value is -2.79. The first-order valence-corrected chi connectivity index (χ1v) is 24.3. The van der Waals surface area contributed by atoms with Gasteiger partial charge in [-0.3, -0.25) is 14.2 Å². The average molecular weight is 864 g/mol. The van der Waals surface area contributed by atoms with Gasteiger partial charge in [-0.15, -0.1) is 0 Å². The Kier molecular flexibility index (Phi) is 31.1.